The summed E-state index contributed by atoms with van der Waals surface area (Å²) in [5.74, 6) is -0.272. The molecule has 0 aliphatic heterocycles. The Morgan fingerprint density at radius 2 is 1.40 bits per heavy atom. The highest BCUT2D eigenvalue weighted by Crippen LogP contribution is 2.23. The van der Waals surface area contributed by atoms with Gasteiger partial charge in [-0.15, -0.1) is 0 Å². The summed E-state index contributed by atoms with van der Waals surface area (Å²) in [6, 6.07) is 15.7. The van der Waals surface area contributed by atoms with E-state index in [9.17, 15) is 9.59 Å². The fourth-order valence-corrected chi connectivity index (χ4v) is 2.25. The first kappa shape index (κ1) is 18.5. The molecule has 5 heteroatoms. The Kier molecular flexibility index (Phi) is 5.80. The van der Waals surface area contributed by atoms with Crippen LogP contribution in [0, 0.1) is 0 Å². The minimum atomic E-state index is -0.661. The molecule has 0 radical (unpaired) electrons. The highest BCUT2D eigenvalue weighted by Gasteiger charge is 2.17. The number of benzene rings is 2. The zero-order valence-corrected chi connectivity index (χ0v) is 15.1. The van der Waals surface area contributed by atoms with E-state index in [4.69, 9.17) is 0 Å². The van der Waals surface area contributed by atoms with Gasteiger partial charge in [-0.25, -0.2) is 4.79 Å². The van der Waals surface area contributed by atoms with E-state index in [2.05, 4.69) is 36.7 Å². The molecule has 25 heavy (non-hydrogen) atoms. The van der Waals surface area contributed by atoms with Gasteiger partial charge in [0.25, 0.3) is 0 Å². The van der Waals surface area contributed by atoms with Gasteiger partial charge >= 0.3 is 6.03 Å². The van der Waals surface area contributed by atoms with E-state index in [0.717, 1.165) is 0 Å². The molecule has 0 aromatic heterocycles. The summed E-state index contributed by atoms with van der Waals surface area (Å²) < 4.78 is 0. The fourth-order valence-electron chi connectivity index (χ4n) is 2.25. The van der Waals surface area contributed by atoms with Crippen molar-refractivity contribution in [1.82, 2.24) is 5.32 Å². The van der Waals surface area contributed by atoms with E-state index < -0.39 is 12.1 Å². The predicted octanol–water partition coefficient (Wildman–Crippen LogP) is 4.13. The molecule has 0 saturated heterocycles. The van der Waals surface area contributed by atoms with E-state index in [1.165, 1.54) is 5.56 Å². The molecule has 3 amide bonds. The van der Waals surface area contributed by atoms with Gasteiger partial charge in [0.1, 0.15) is 6.04 Å². The van der Waals surface area contributed by atoms with Gasteiger partial charge in [0, 0.05) is 11.4 Å². The number of carbonyl (C=O) groups is 2. The summed E-state index contributed by atoms with van der Waals surface area (Å²) in [6.45, 7) is 8.05. The van der Waals surface area contributed by atoms with E-state index in [0.29, 0.717) is 11.4 Å². The van der Waals surface area contributed by atoms with Crippen LogP contribution >= 0.6 is 0 Å². The van der Waals surface area contributed by atoms with Gasteiger partial charge in [-0.2, -0.15) is 0 Å². The van der Waals surface area contributed by atoms with Crippen LogP contribution in [0.5, 0.6) is 0 Å². The summed E-state index contributed by atoms with van der Waals surface area (Å²) in [5, 5.41) is 8.12. The van der Waals surface area contributed by atoms with Crippen molar-refractivity contribution in [2.45, 2.75) is 39.2 Å². The molecule has 2 rings (SSSR count). The minimum Gasteiger partial charge on any atom is -0.326 e. The van der Waals surface area contributed by atoms with Gasteiger partial charge in [-0.05, 0) is 42.2 Å². The van der Waals surface area contributed by atoms with Crippen LogP contribution in [0.2, 0.25) is 0 Å². The monoisotopic (exact) mass is 339 g/mol. The molecule has 0 saturated carbocycles. The van der Waals surface area contributed by atoms with Gasteiger partial charge in [0.15, 0.2) is 0 Å². The van der Waals surface area contributed by atoms with E-state index >= 15 is 0 Å². The third-order valence-corrected chi connectivity index (χ3v) is 3.79. The number of carbonyl (C=O) groups excluding carboxylic acids is 2. The Balaban J connectivity index is 1.88. The Hall–Kier alpha value is -2.82. The normalized spacial score (nSPS) is 12.2. The highest BCUT2D eigenvalue weighted by molar-refractivity contribution is 5.98. The Labute approximate surface area is 148 Å². The maximum absolute atomic E-state index is 12.2. The number of hydrogen-bond donors (Lipinski definition) is 3. The Morgan fingerprint density at radius 1 is 0.840 bits per heavy atom. The lowest BCUT2D eigenvalue weighted by molar-refractivity contribution is -0.117. The summed E-state index contributed by atoms with van der Waals surface area (Å²) in [6.07, 6.45) is 0. The van der Waals surface area contributed by atoms with Crippen LogP contribution in [0.15, 0.2) is 54.6 Å². The van der Waals surface area contributed by atoms with Gasteiger partial charge < -0.3 is 16.0 Å². The topological polar surface area (TPSA) is 70.2 Å². The van der Waals surface area contributed by atoms with Crippen LogP contribution in [0.1, 0.15) is 33.3 Å². The molecule has 0 heterocycles. The Bertz CT molecular complexity index is 719. The van der Waals surface area contributed by atoms with E-state index in [1.807, 2.05) is 42.5 Å². The van der Waals surface area contributed by atoms with Crippen molar-refractivity contribution in [2.24, 2.45) is 0 Å². The molecule has 0 aliphatic rings. The fraction of sp³-hybridized carbons (Fsp3) is 0.300. The van der Waals surface area contributed by atoms with Crippen molar-refractivity contribution in [2.75, 3.05) is 10.6 Å². The quantitative estimate of drug-likeness (QED) is 0.784. The van der Waals surface area contributed by atoms with Crippen LogP contribution in [0.3, 0.4) is 0 Å². The average molecular weight is 339 g/mol. The zero-order valence-electron chi connectivity index (χ0n) is 15.1. The molecule has 3 N–H and O–H groups in total. The number of para-hydroxylation sites is 1. The molecule has 5 nitrogen and oxygen atoms in total. The lowest BCUT2D eigenvalue weighted by atomic mass is 9.87. The zero-order chi connectivity index (χ0) is 18.4. The molecular formula is C20H25N3O2. The molecular weight excluding hydrogens is 314 g/mol. The predicted molar refractivity (Wildman–Crippen MR) is 102 cm³/mol. The van der Waals surface area contributed by atoms with Crippen molar-refractivity contribution in [3.63, 3.8) is 0 Å². The van der Waals surface area contributed by atoms with E-state index in [1.54, 1.807) is 19.1 Å². The summed E-state index contributed by atoms with van der Waals surface area (Å²) in [7, 11) is 0. The van der Waals surface area contributed by atoms with Crippen LogP contribution in [-0.4, -0.2) is 18.0 Å². The smallest absolute Gasteiger partial charge is 0.319 e. The van der Waals surface area contributed by atoms with Gasteiger partial charge in [0.05, 0.1) is 0 Å². The maximum Gasteiger partial charge on any atom is 0.319 e. The molecule has 2 aromatic carbocycles. The second-order valence-corrected chi connectivity index (χ2v) is 7.00. The van der Waals surface area contributed by atoms with E-state index in [-0.39, 0.29) is 11.3 Å². The summed E-state index contributed by atoms with van der Waals surface area (Å²) in [4.78, 5) is 24.2. The van der Waals surface area contributed by atoms with Crippen molar-refractivity contribution in [1.29, 1.82) is 0 Å². The third-order valence-electron chi connectivity index (χ3n) is 3.79. The number of nitrogens with one attached hydrogen (secondary N) is 3. The first-order chi connectivity index (χ1) is 11.8. The molecule has 132 valence electrons. The minimum absolute atomic E-state index is 0.0624. The number of hydrogen-bond acceptors (Lipinski definition) is 2. The molecule has 0 aliphatic carbocycles. The average Bonchev–Trinajstić information content (AvgIpc) is 2.55. The highest BCUT2D eigenvalue weighted by atomic mass is 16.2. The summed E-state index contributed by atoms with van der Waals surface area (Å²) in [5.41, 5.74) is 2.63. The second kappa shape index (κ2) is 7.83. The van der Waals surface area contributed by atoms with Crippen LogP contribution in [0.25, 0.3) is 0 Å². The number of urea groups is 1. The lowest BCUT2D eigenvalue weighted by Gasteiger charge is -2.19. The molecule has 0 bridgehead atoms. The molecule has 0 spiro atoms. The lowest BCUT2D eigenvalue weighted by Crippen LogP contribution is -2.43. The number of anilines is 2. The van der Waals surface area contributed by atoms with Gasteiger partial charge in [0.2, 0.25) is 5.91 Å². The molecule has 2 aromatic rings. The first-order valence-corrected chi connectivity index (χ1v) is 8.29. The van der Waals surface area contributed by atoms with Gasteiger partial charge in [-0.3, -0.25) is 4.79 Å². The van der Waals surface area contributed by atoms with Crippen molar-refractivity contribution >= 4 is 23.3 Å². The van der Waals surface area contributed by atoms with Crippen LogP contribution in [-0.2, 0) is 10.2 Å². The Morgan fingerprint density at radius 3 is 1.96 bits per heavy atom. The van der Waals surface area contributed by atoms with Crippen molar-refractivity contribution < 1.29 is 9.59 Å². The number of amides is 3. The van der Waals surface area contributed by atoms with Crippen LogP contribution in [0.4, 0.5) is 16.2 Å². The third kappa shape index (κ3) is 5.64. The largest absolute Gasteiger partial charge is 0.326 e. The number of rotatable bonds is 4. The molecule has 1 atom stereocenters. The second-order valence-electron chi connectivity index (χ2n) is 7.00. The summed E-state index contributed by atoms with van der Waals surface area (Å²) >= 11 is 0. The van der Waals surface area contributed by atoms with Crippen molar-refractivity contribution in [3.05, 3.63) is 60.2 Å². The molecule has 1 unspecified atom stereocenters. The van der Waals surface area contributed by atoms with Gasteiger partial charge in [-0.1, -0.05) is 51.1 Å². The molecule has 0 fully saturated rings. The van der Waals surface area contributed by atoms with Crippen LogP contribution < -0.4 is 16.0 Å². The SMILES string of the molecule is CC(NC(=O)Nc1ccccc1)C(=O)Nc1ccc(C(C)(C)C)cc1. The maximum atomic E-state index is 12.2. The standard InChI is InChI=1S/C20H25N3O2/c1-14(21-19(25)23-16-8-6-5-7-9-16)18(24)22-17-12-10-15(11-13-17)20(2,3)4/h5-14H,1-4H3,(H,22,24)(H2,21,23,25). The first-order valence-electron chi connectivity index (χ1n) is 8.29. The van der Waals surface area contributed by atoms with Crippen molar-refractivity contribution in [3.8, 4) is 0 Å².